The maximum Gasteiger partial charge on any atom is 0.231 e. The molecule has 1 saturated heterocycles. The van der Waals surface area contributed by atoms with Crippen LogP contribution in [0.3, 0.4) is 0 Å². The van der Waals surface area contributed by atoms with E-state index in [1.54, 1.807) is 6.08 Å². The number of piperazine rings is 1. The molecule has 0 aliphatic carbocycles. The van der Waals surface area contributed by atoms with Crippen molar-refractivity contribution in [1.29, 1.82) is 5.26 Å². The third-order valence-electron chi connectivity index (χ3n) is 9.00. The number of hydrogen-bond donors (Lipinski definition) is 2. The molecule has 2 unspecified atom stereocenters. The van der Waals surface area contributed by atoms with Crippen LogP contribution >= 0.6 is 0 Å². The van der Waals surface area contributed by atoms with Gasteiger partial charge >= 0.3 is 0 Å². The van der Waals surface area contributed by atoms with Crippen molar-refractivity contribution in [3.63, 3.8) is 0 Å². The van der Waals surface area contributed by atoms with Gasteiger partial charge in [-0.25, -0.2) is 0 Å². The first kappa shape index (κ1) is 24.1. The molecular weight excluding hydrogens is 468 g/mol. The molecule has 6 rings (SSSR count). The molecule has 4 aliphatic heterocycles. The van der Waals surface area contributed by atoms with E-state index in [0.717, 1.165) is 44.7 Å². The molecular formula is C29H34N4O4. The summed E-state index contributed by atoms with van der Waals surface area (Å²) < 4.78 is 18.2. The quantitative estimate of drug-likeness (QED) is 0.614. The molecule has 194 valence electrons. The second-order valence-electron chi connectivity index (χ2n) is 10.7. The van der Waals surface area contributed by atoms with E-state index in [-0.39, 0.29) is 37.0 Å². The second kappa shape index (κ2) is 8.66. The molecule has 2 aromatic carbocycles. The Morgan fingerprint density at radius 2 is 1.95 bits per heavy atom. The number of phenols is 1. The van der Waals surface area contributed by atoms with E-state index in [0.29, 0.717) is 43.2 Å². The van der Waals surface area contributed by atoms with Crippen molar-refractivity contribution in [3.8, 4) is 29.1 Å². The van der Waals surface area contributed by atoms with E-state index < -0.39 is 0 Å². The fourth-order valence-electron chi connectivity index (χ4n) is 7.26. The van der Waals surface area contributed by atoms with Crippen molar-refractivity contribution in [1.82, 2.24) is 9.80 Å². The number of nitriles is 1. The van der Waals surface area contributed by atoms with Gasteiger partial charge in [0.15, 0.2) is 11.5 Å². The van der Waals surface area contributed by atoms with E-state index in [4.69, 9.17) is 19.9 Å². The van der Waals surface area contributed by atoms with Crippen LogP contribution in [0.15, 0.2) is 18.7 Å². The molecule has 0 radical (unpaired) electrons. The maximum atomic E-state index is 11.4. The minimum absolute atomic E-state index is 0.0250. The van der Waals surface area contributed by atoms with E-state index >= 15 is 0 Å². The normalized spacial score (nSPS) is 27.6. The van der Waals surface area contributed by atoms with Crippen LogP contribution in [0, 0.1) is 32.1 Å². The van der Waals surface area contributed by atoms with Crippen LogP contribution in [0.25, 0.3) is 0 Å². The Morgan fingerprint density at radius 3 is 2.65 bits per heavy atom. The highest BCUT2D eigenvalue weighted by Crippen LogP contribution is 2.57. The zero-order valence-electron chi connectivity index (χ0n) is 21.9. The lowest BCUT2D eigenvalue weighted by Gasteiger charge is -2.60. The van der Waals surface area contributed by atoms with Crippen LogP contribution in [0.2, 0.25) is 0 Å². The van der Waals surface area contributed by atoms with Gasteiger partial charge in [-0.15, -0.1) is 0 Å². The number of likely N-dealkylation sites (N-methyl/N-ethyl adjacent to an activating group) is 1. The van der Waals surface area contributed by atoms with Gasteiger partial charge in [0.05, 0.1) is 18.2 Å². The van der Waals surface area contributed by atoms with E-state index in [2.05, 4.69) is 35.6 Å². The number of aromatic hydroxyl groups is 1. The first-order chi connectivity index (χ1) is 17.8. The van der Waals surface area contributed by atoms with Gasteiger partial charge in [-0.2, -0.15) is 5.26 Å². The number of hydrogen-bond acceptors (Lipinski definition) is 8. The highest BCUT2D eigenvalue weighted by molar-refractivity contribution is 5.66. The summed E-state index contributed by atoms with van der Waals surface area (Å²) in [5.41, 5.74) is 13.5. The molecule has 0 amide bonds. The number of nitrogens with two attached hydrogens (primary N) is 1. The largest absolute Gasteiger partial charge is 0.507 e. The first-order valence-electron chi connectivity index (χ1n) is 12.9. The smallest absolute Gasteiger partial charge is 0.231 e. The Bertz CT molecular complexity index is 1350. The van der Waals surface area contributed by atoms with E-state index in [9.17, 15) is 10.4 Å². The predicted molar refractivity (Wildman–Crippen MR) is 139 cm³/mol. The zero-order chi connectivity index (χ0) is 26.2. The molecule has 0 spiro atoms. The lowest BCUT2D eigenvalue weighted by atomic mass is 9.71. The van der Waals surface area contributed by atoms with Crippen molar-refractivity contribution in [2.45, 2.75) is 63.8 Å². The van der Waals surface area contributed by atoms with Crippen molar-refractivity contribution in [2.24, 2.45) is 5.73 Å². The lowest BCUT2D eigenvalue weighted by molar-refractivity contribution is -0.0710. The van der Waals surface area contributed by atoms with Gasteiger partial charge in [-0.05, 0) is 57.4 Å². The molecule has 2 aromatic rings. The summed E-state index contributed by atoms with van der Waals surface area (Å²) in [6.45, 7) is 10.7. The Hall–Kier alpha value is -3.25. The summed E-state index contributed by atoms with van der Waals surface area (Å²) in [5.74, 6) is 2.53. The monoisotopic (exact) mass is 502 g/mol. The molecule has 0 saturated carbocycles. The van der Waals surface area contributed by atoms with Crippen molar-refractivity contribution in [3.05, 3.63) is 57.7 Å². The van der Waals surface area contributed by atoms with Crippen molar-refractivity contribution < 1.29 is 19.3 Å². The molecule has 3 N–H and O–H groups in total. The number of nitrogens with zero attached hydrogens (tertiary/aromatic N) is 3. The van der Waals surface area contributed by atoms with Gasteiger partial charge in [-0.3, -0.25) is 9.80 Å². The Kier molecular flexibility index (Phi) is 5.64. The van der Waals surface area contributed by atoms with Gasteiger partial charge < -0.3 is 25.1 Å². The van der Waals surface area contributed by atoms with Crippen LogP contribution in [-0.2, 0) is 12.8 Å². The fraction of sp³-hybridized carbons (Fsp3) is 0.483. The van der Waals surface area contributed by atoms with Gasteiger partial charge in [0, 0.05) is 40.9 Å². The number of rotatable bonds is 4. The summed E-state index contributed by atoms with van der Waals surface area (Å²) in [6, 6.07) is 3.98. The topological polar surface area (TPSA) is 104 Å². The fourth-order valence-corrected chi connectivity index (χ4v) is 7.26. The summed E-state index contributed by atoms with van der Waals surface area (Å²) >= 11 is 0. The Morgan fingerprint density at radius 1 is 1.19 bits per heavy atom. The Labute approximate surface area is 217 Å². The highest BCUT2D eigenvalue weighted by atomic mass is 16.7. The van der Waals surface area contributed by atoms with Gasteiger partial charge in [-0.1, -0.05) is 18.7 Å². The van der Waals surface area contributed by atoms with Crippen LogP contribution in [-0.4, -0.2) is 60.0 Å². The average Bonchev–Trinajstić information content (AvgIpc) is 3.37. The molecule has 0 aromatic heterocycles. The maximum absolute atomic E-state index is 11.4. The third-order valence-corrected chi connectivity index (χ3v) is 9.00. The van der Waals surface area contributed by atoms with Crippen LogP contribution in [0.4, 0.5) is 0 Å². The Balaban J connectivity index is 1.61. The molecule has 5 atom stereocenters. The molecule has 8 heteroatoms. The average molecular weight is 503 g/mol. The second-order valence-corrected chi connectivity index (χ2v) is 10.7. The van der Waals surface area contributed by atoms with Gasteiger partial charge in [0.25, 0.3) is 0 Å². The molecule has 4 heterocycles. The van der Waals surface area contributed by atoms with Gasteiger partial charge in [0.1, 0.15) is 24.1 Å². The van der Waals surface area contributed by atoms with Crippen molar-refractivity contribution in [2.75, 3.05) is 27.0 Å². The highest BCUT2D eigenvalue weighted by Gasteiger charge is 2.56. The van der Waals surface area contributed by atoms with Crippen LogP contribution in [0.5, 0.6) is 23.0 Å². The SMILES string of the molecule is C=CCOc1c(C)c2c(c3c1CC1[C@H]4c5c(cc(C)c(C)c5O)C[C@@H](C(C#N)N1[C@H]3CN)N4C)OCO2. The number of ether oxygens (including phenoxy) is 3. The first-order valence-corrected chi connectivity index (χ1v) is 12.9. The summed E-state index contributed by atoms with van der Waals surface area (Å²) in [6.07, 6.45) is 3.06. The van der Waals surface area contributed by atoms with Crippen LogP contribution < -0.4 is 19.9 Å². The van der Waals surface area contributed by atoms with Gasteiger partial charge in [0.2, 0.25) is 6.79 Å². The molecule has 1 fully saturated rings. The molecule has 8 nitrogen and oxygen atoms in total. The third kappa shape index (κ3) is 3.18. The minimum Gasteiger partial charge on any atom is -0.507 e. The molecule has 4 aliphatic rings. The van der Waals surface area contributed by atoms with E-state index in [1.165, 1.54) is 0 Å². The number of aryl methyl sites for hydroxylation is 1. The number of fused-ring (bicyclic) bond motifs is 9. The molecule has 37 heavy (non-hydrogen) atoms. The standard InChI is InChI=1S/C29H34N4O4/c1-6-7-35-27-16(4)28-29(37-13-36-28)24-18(27)10-20-25-23-17(8-14(2)15(3)26(23)34)9-19(32(25)5)21(11-30)33(20)22(24)12-31/h6,8,19-22,25,34H,1,7,9-10,12-13,31H2,2-5H3/t19-,20?,21?,22-,25-/m0/s1. The number of benzene rings is 2. The molecule has 2 bridgehead atoms. The lowest BCUT2D eigenvalue weighted by Crippen LogP contribution is -2.68. The zero-order valence-corrected chi connectivity index (χ0v) is 21.9. The van der Waals surface area contributed by atoms with Crippen LogP contribution in [0.1, 0.15) is 51.0 Å². The summed E-state index contributed by atoms with van der Waals surface area (Å²) in [7, 11) is 2.08. The summed E-state index contributed by atoms with van der Waals surface area (Å²) in [4.78, 5) is 4.60. The number of phenolic OH excluding ortho intramolecular Hbond substituents is 1. The van der Waals surface area contributed by atoms with E-state index in [1.807, 2.05) is 20.8 Å². The van der Waals surface area contributed by atoms with Crippen molar-refractivity contribution >= 4 is 0 Å². The predicted octanol–water partition coefficient (Wildman–Crippen LogP) is 3.34. The summed E-state index contributed by atoms with van der Waals surface area (Å²) in [5, 5.41) is 22.0. The minimum atomic E-state index is -0.373.